The molecule has 1 aliphatic rings. The van der Waals surface area contributed by atoms with Gasteiger partial charge in [-0.2, -0.15) is 0 Å². The Labute approximate surface area is 132 Å². The fourth-order valence-corrected chi connectivity index (χ4v) is 2.92. The summed E-state index contributed by atoms with van der Waals surface area (Å²) in [6.45, 7) is 7.81. The third kappa shape index (κ3) is 4.19. The number of hydrogen-bond donors (Lipinski definition) is 2. The van der Waals surface area contributed by atoms with Crippen LogP contribution in [0, 0.1) is 5.92 Å². The summed E-state index contributed by atoms with van der Waals surface area (Å²) >= 11 is 0. The van der Waals surface area contributed by atoms with Crippen LogP contribution in [0.3, 0.4) is 0 Å². The van der Waals surface area contributed by atoms with Crippen molar-refractivity contribution in [2.75, 3.05) is 13.1 Å². The van der Waals surface area contributed by atoms with Crippen molar-refractivity contribution in [3.05, 3.63) is 29.6 Å². The van der Waals surface area contributed by atoms with E-state index in [0.717, 1.165) is 25.0 Å². The van der Waals surface area contributed by atoms with E-state index in [-0.39, 0.29) is 11.5 Å². The molecule has 0 spiro atoms. The third-order valence-electron chi connectivity index (χ3n) is 4.47. The van der Waals surface area contributed by atoms with Crippen molar-refractivity contribution in [3.8, 4) is 0 Å². The van der Waals surface area contributed by atoms with Crippen molar-refractivity contribution in [2.24, 2.45) is 11.7 Å². The largest absolute Gasteiger partial charge is 0.465 e. The Hall–Kier alpha value is -1.62. The zero-order valence-electron chi connectivity index (χ0n) is 13.7. The predicted octanol–water partition coefficient (Wildman–Crippen LogP) is 3.16. The number of nitrogens with zero attached hydrogens (tertiary/aromatic N) is 2. The lowest BCUT2D eigenvalue weighted by molar-refractivity contribution is 0.153. The summed E-state index contributed by atoms with van der Waals surface area (Å²) in [6.07, 6.45) is 3.75. The Morgan fingerprint density at radius 1 is 1.55 bits per heavy atom. The van der Waals surface area contributed by atoms with Gasteiger partial charge in [0.05, 0.1) is 5.69 Å². The Morgan fingerprint density at radius 3 is 2.86 bits per heavy atom. The quantitative estimate of drug-likeness (QED) is 0.895. The number of rotatable bonds is 4. The van der Waals surface area contributed by atoms with Crippen LogP contribution < -0.4 is 5.73 Å². The van der Waals surface area contributed by atoms with Gasteiger partial charge in [-0.25, -0.2) is 4.79 Å². The molecule has 2 rings (SSSR count). The molecular weight excluding hydrogens is 278 g/mol. The fraction of sp³-hybridized carbons (Fsp3) is 0.647. The van der Waals surface area contributed by atoms with E-state index >= 15 is 0 Å². The van der Waals surface area contributed by atoms with E-state index < -0.39 is 6.09 Å². The minimum absolute atomic E-state index is 0.0822. The van der Waals surface area contributed by atoms with E-state index in [1.165, 1.54) is 10.5 Å². The SMILES string of the molecule is CC(C)(C)c1ccnc(C(N)CC[C@H]2CCN(C(=O)O)C2)c1. The highest BCUT2D eigenvalue weighted by Crippen LogP contribution is 2.27. The minimum atomic E-state index is -0.814. The van der Waals surface area contributed by atoms with Crippen LogP contribution in [0.1, 0.15) is 57.3 Å². The minimum Gasteiger partial charge on any atom is -0.465 e. The van der Waals surface area contributed by atoms with E-state index in [1.54, 1.807) is 0 Å². The van der Waals surface area contributed by atoms with Gasteiger partial charge in [0.1, 0.15) is 0 Å². The second-order valence-corrected chi connectivity index (χ2v) is 7.29. The van der Waals surface area contributed by atoms with E-state index in [9.17, 15) is 4.79 Å². The predicted molar refractivity (Wildman–Crippen MR) is 86.8 cm³/mol. The molecule has 3 N–H and O–H groups in total. The molecule has 0 saturated carbocycles. The summed E-state index contributed by atoms with van der Waals surface area (Å²) in [5, 5.41) is 8.98. The Kier molecular flexibility index (Phi) is 5.06. The van der Waals surface area contributed by atoms with Crippen molar-refractivity contribution in [1.29, 1.82) is 0 Å². The molecule has 1 aromatic heterocycles. The zero-order valence-corrected chi connectivity index (χ0v) is 13.7. The van der Waals surface area contributed by atoms with E-state index in [1.807, 2.05) is 12.3 Å². The molecular formula is C17H27N3O2. The maximum absolute atomic E-state index is 10.9. The van der Waals surface area contributed by atoms with Gasteiger partial charge in [0.2, 0.25) is 0 Å². The Morgan fingerprint density at radius 2 is 2.27 bits per heavy atom. The standard InChI is InChI=1S/C17H27N3O2/c1-17(2,3)13-6-8-19-15(10-13)14(18)5-4-12-7-9-20(11-12)16(21)22/h6,8,10,12,14H,4-5,7,9,11,18H2,1-3H3,(H,21,22)/t12-,14?/m0/s1. The van der Waals surface area contributed by atoms with Crippen molar-refractivity contribution in [2.45, 2.75) is 51.5 Å². The molecule has 1 amide bonds. The van der Waals surface area contributed by atoms with Gasteiger partial charge in [0, 0.05) is 25.3 Å². The summed E-state index contributed by atoms with van der Waals surface area (Å²) in [5.74, 6) is 0.424. The number of amides is 1. The van der Waals surface area contributed by atoms with Gasteiger partial charge in [-0.15, -0.1) is 0 Å². The maximum Gasteiger partial charge on any atom is 0.407 e. The van der Waals surface area contributed by atoms with Gasteiger partial charge in [0.15, 0.2) is 0 Å². The molecule has 1 aliphatic heterocycles. The summed E-state index contributed by atoms with van der Waals surface area (Å²) in [6, 6.07) is 4.06. The molecule has 5 heteroatoms. The molecule has 0 radical (unpaired) electrons. The second-order valence-electron chi connectivity index (χ2n) is 7.29. The van der Waals surface area contributed by atoms with Crippen LogP contribution >= 0.6 is 0 Å². The highest BCUT2D eigenvalue weighted by atomic mass is 16.4. The molecule has 0 bridgehead atoms. The first-order valence-corrected chi connectivity index (χ1v) is 7.97. The van der Waals surface area contributed by atoms with Crippen molar-refractivity contribution in [3.63, 3.8) is 0 Å². The number of nitrogens with two attached hydrogens (primary N) is 1. The number of hydrogen-bond acceptors (Lipinski definition) is 3. The monoisotopic (exact) mass is 305 g/mol. The molecule has 0 aromatic carbocycles. The fourth-order valence-electron chi connectivity index (χ4n) is 2.92. The molecule has 2 heterocycles. The topological polar surface area (TPSA) is 79.5 Å². The average Bonchev–Trinajstić information content (AvgIpc) is 2.93. The highest BCUT2D eigenvalue weighted by Gasteiger charge is 2.26. The molecule has 5 nitrogen and oxygen atoms in total. The first kappa shape index (κ1) is 16.7. The summed E-state index contributed by atoms with van der Waals surface area (Å²) < 4.78 is 0. The maximum atomic E-state index is 10.9. The number of aromatic nitrogens is 1. The normalized spacial score (nSPS) is 20.2. The van der Waals surface area contributed by atoms with E-state index in [2.05, 4.69) is 31.8 Å². The van der Waals surface area contributed by atoms with Crippen LogP contribution in [-0.4, -0.2) is 34.2 Å². The molecule has 1 fully saturated rings. The lowest BCUT2D eigenvalue weighted by Crippen LogP contribution is -2.26. The van der Waals surface area contributed by atoms with Crippen LogP contribution in [0.4, 0.5) is 4.79 Å². The van der Waals surface area contributed by atoms with Gasteiger partial charge in [-0.1, -0.05) is 20.8 Å². The van der Waals surface area contributed by atoms with Gasteiger partial charge < -0.3 is 15.7 Å². The molecule has 122 valence electrons. The second kappa shape index (κ2) is 6.65. The molecule has 22 heavy (non-hydrogen) atoms. The van der Waals surface area contributed by atoms with Crippen LogP contribution in [0.25, 0.3) is 0 Å². The number of pyridine rings is 1. The summed E-state index contributed by atoms with van der Waals surface area (Å²) in [5.41, 5.74) is 8.55. The van der Waals surface area contributed by atoms with Gasteiger partial charge in [-0.3, -0.25) is 4.98 Å². The lowest BCUT2D eigenvalue weighted by atomic mass is 9.86. The Bertz CT molecular complexity index is 525. The Balaban J connectivity index is 1.90. The van der Waals surface area contributed by atoms with Crippen molar-refractivity contribution < 1.29 is 9.90 Å². The van der Waals surface area contributed by atoms with Gasteiger partial charge in [0.25, 0.3) is 0 Å². The van der Waals surface area contributed by atoms with Gasteiger partial charge >= 0.3 is 6.09 Å². The first-order chi connectivity index (χ1) is 10.3. The zero-order chi connectivity index (χ0) is 16.3. The summed E-state index contributed by atoms with van der Waals surface area (Å²) in [4.78, 5) is 16.8. The third-order valence-corrected chi connectivity index (χ3v) is 4.47. The van der Waals surface area contributed by atoms with E-state index in [0.29, 0.717) is 19.0 Å². The van der Waals surface area contributed by atoms with Crippen LogP contribution in [0.5, 0.6) is 0 Å². The first-order valence-electron chi connectivity index (χ1n) is 7.97. The molecule has 2 atom stereocenters. The molecule has 0 aliphatic carbocycles. The van der Waals surface area contributed by atoms with Crippen molar-refractivity contribution >= 4 is 6.09 Å². The van der Waals surface area contributed by atoms with E-state index in [4.69, 9.17) is 10.8 Å². The van der Waals surface area contributed by atoms with Crippen LogP contribution in [0.15, 0.2) is 18.3 Å². The van der Waals surface area contributed by atoms with Crippen LogP contribution in [0.2, 0.25) is 0 Å². The number of likely N-dealkylation sites (tertiary alicyclic amines) is 1. The highest BCUT2D eigenvalue weighted by molar-refractivity contribution is 5.65. The number of carbonyl (C=O) groups is 1. The smallest absolute Gasteiger partial charge is 0.407 e. The summed E-state index contributed by atoms with van der Waals surface area (Å²) in [7, 11) is 0. The van der Waals surface area contributed by atoms with Gasteiger partial charge in [-0.05, 0) is 48.3 Å². The van der Waals surface area contributed by atoms with Crippen molar-refractivity contribution in [1.82, 2.24) is 9.88 Å². The van der Waals surface area contributed by atoms with Crippen LogP contribution in [-0.2, 0) is 5.41 Å². The number of carboxylic acid groups (broad SMARTS) is 1. The molecule has 1 unspecified atom stereocenters. The average molecular weight is 305 g/mol. The lowest BCUT2D eigenvalue weighted by Gasteiger charge is -2.21. The molecule has 1 aromatic rings. The molecule has 1 saturated heterocycles.